The number of ether oxygens (including phenoxy) is 1. The molecule has 1 fully saturated rings. The van der Waals surface area contributed by atoms with Crippen LogP contribution in [0.4, 0.5) is 5.69 Å². The van der Waals surface area contributed by atoms with Gasteiger partial charge in [-0.1, -0.05) is 12.8 Å². The van der Waals surface area contributed by atoms with Crippen LogP contribution in [0.1, 0.15) is 45.1 Å². The topological polar surface area (TPSA) is 38.5 Å². The van der Waals surface area contributed by atoms with Gasteiger partial charge in [-0.25, -0.2) is 0 Å². The van der Waals surface area contributed by atoms with Gasteiger partial charge in [0.15, 0.2) is 0 Å². The van der Waals surface area contributed by atoms with E-state index in [0.717, 1.165) is 18.0 Å². The highest BCUT2D eigenvalue weighted by Crippen LogP contribution is 2.26. The molecule has 2 N–H and O–H groups in total. The van der Waals surface area contributed by atoms with Crippen molar-refractivity contribution < 1.29 is 4.74 Å². The summed E-state index contributed by atoms with van der Waals surface area (Å²) < 4.78 is 5.72. The minimum Gasteiger partial charge on any atom is -0.494 e. The van der Waals surface area contributed by atoms with Gasteiger partial charge in [-0.3, -0.25) is 4.90 Å². The summed E-state index contributed by atoms with van der Waals surface area (Å²) in [5.74, 6) is 0.980. The molecule has 1 aliphatic rings. The Kier molecular flexibility index (Phi) is 5.08. The quantitative estimate of drug-likeness (QED) is 0.845. The third-order valence-corrected chi connectivity index (χ3v) is 3.95. The lowest BCUT2D eigenvalue weighted by molar-refractivity contribution is 0.201. The van der Waals surface area contributed by atoms with Crippen LogP contribution >= 0.6 is 0 Å². The van der Waals surface area contributed by atoms with Crippen molar-refractivity contribution in [2.75, 3.05) is 18.9 Å². The van der Waals surface area contributed by atoms with Crippen LogP contribution in [0.2, 0.25) is 0 Å². The molecule has 1 heterocycles. The first-order valence-corrected chi connectivity index (χ1v) is 7.46. The molecule has 3 heteroatoms. The molecular formula is C16H26N2O. The van der Waals surface area contributed by atoms with Crippen LogP contribution in [-0.2, 0) is 6.54 Å². The third kappa shape index (κ3) is 3.87. The fraction of sp³-hybridized carbons (Fsp3) is 0.625. The largest absolute Gasteiger partial charge is 0.494 e. The SMILES string of the molecule is CCOc1ccc(N)cc1CN1CCCCCC1C. The molecule has 0 bridgehead atoms. The van der Waals surface area contributed by atoms with Gasteiger partial charge < -0.3 is 10.5 Å². The van der Waals surface area contributed by atoms with E-state index in [1.165, 1.54) is 37.8 Å². The maximum Gasteiger partial charge on any atom is 0.123 e. The van der Waals surface area contributed by atoms with Gasteiger partial charge >= 0.3 is 0 Å². The number of anilines is 1. The fourth-order valence-electron chi connectivity index (χ4n) is 2.81. The van der Waals surface area contributed by atoms with Crippen LogP contribution in [0.15, 0.2) is 18.2 Å². The number of hydrogen-bond acceptors (Lipinski definition) is 3. The lowest BCUT2D eigenvalue weighted by Crippen LogP contribution is -2.32. The van der Waals surface area contributed by atoms with E-state index in [1.54, 1.807) is 0 Å². The molecule has 0 spiro atoms. The monoisotopic (exact) mass is 262 g/mol. The second-order valence-corrected chi connectivity index (χ2v) is 5.47. The maximum absolute atomic E-state index is 5.92. The molecular weight excluding hydrogens is 236 g/mol. The average molecular weight is 262 g/mol. The molecule has 1 unspecified atom stereocenters. The number of hydrogen-bond donors (Lipinski definition) is 1. The zero-order valence-electron chi connectivity index (χ0n) is 12.2. The first kappa shape index (κ1) is 14.2. The summed E-state index contributed by atoms with van der Waals surface area (Å²) in [7, 11) is 0. The predicted molar refractivity (Wildman–Crippen MR) is 80.4 cm³/mol. The summed E-state index contributed by atoms with van der Waals surface area (Å²) in [6.07, 6.45) is 5.31. The Bertz CT molecular complexity index is 406. The lowest BCUT2D eigenvalue weighted by Gasteiger charge is -2.27. The standard InChI is InChI=1S/C16H26N2O/c1-3-19-16-9-8-15(17)11-14(16)12-18-10-6-4-5-7-13(18)2/h8-9,11,13H,3-7,10,12,17H2,1-2H3. The van der Waals surface area contributed by atoms with Crippen molar-refractivity contribution in [3.8, 4) is 5.75 Å². The molecule has 19 heavy (non-hydrogen) atoms. The van der Waals surface area contributed by atoms with Crippen LogP contribution in [0.3, 0.4) is 0 Å². The molecule has 106 valence electrons. The predicted octanol–water partition coefficient (Wildman–Crippen LogP) is 3.43. The Morgan fingerprint density at radius 2 is 2.16 bits per heavy atom. The molecule has 0 saturated carbocycles. The van der Waals surface area contributed by atoms with E-state index < -0.39 is 0 Å². The number of rotatable bonds is 4. The van der Waals surface area contributed by atoms with Crippen molar-refractivity contribution in [2.45, 2.75) is 52.1 Å². The van der Waals surface area contributed by atoms with E-state index >= 15 is 0 Å². The molecule has 2 rings (SSSR count). The second kappa shape index (κ2) is 6.80. The number of nitrogen functional groups attached to an aromatic ring is 1. The first-order valence-electron chi connectivity index (χ1n) is 7.46. The highest BCUT2D eigenvalue weighted by Gasteiger charge is 2.18. The second-order valence-electron chi connectivity index (χ2n) is 5.47. The van der Waals surface area contributed by atoms with Crippen LogP contribution in [-0.4, -0.2) is 24.1 Å². The zero-order chi connectivity index (χ0) is 13.7. The Hall–Kier alpha value is -1.22. The molecule has 0 aliphatic carbocycles. The van der Waals surface area contributed by atoms with Crippen molar-refractivity contribution in [2.24, 2.45) is 0 Å². The highest BCUT2D eigenvalue weighted by atomic mass is 16.5. The molecule has 1 aliphatic heterocycles. The van der Waals surface area contributed by atoms with Gasteiger partial charge in [0.1, 0.15) is 5.75 Å². The molecule has 3 nitrogen and oxygen atoms in total. The fourth-order valence-corrected chi connectivity index (χ4v) is 2.81. The Balaban J connectivity index is 2.13. The van der Waals surface area contributed by atoms with Crippen molar-refractivity contribution in [3.05, 3.63) is 23.8 Å². The van der Waals surface area contributed by atoms with Crippen LogP contribution < -0.4 is 10.5 Å². The molecule has 1 saturated heterocycles. The first-order chi connectivity index (χ1) is 9.20. The molecule has 0 amide bonds. The summed E-state index contributed by atoms with van der Waals surface area (Å²) in [6, 6.07) is 6.62. The molecule has 1 aromatic carbocycles. The van der Waals surface area contributed by atoms with Gasteiger partial charge in [0.2, 0.25) is 0 Å². The van der Waals surface area contributed by atoms with Crippen molar-refractivity contribution >= 4 is 5.69 Å². The van der Waals surface area contributed by atoms with E-state index in [1.807, 2.05) is 19.1 Å². The van der Waals surface area contributed by atoms with E-state index in [9.17, 15) is 0 Å². The molecule has 0 aromatic heterocycles. The Labute approximate surface area is 116 Å². The number of nitrogens with two attached hydrogens (primary N) is 1. The number of nitrogens with zero attached hydrogens (tertiary/aromatic N) is 1. The van der Waals surface area contributed by atoms with Gasteiger partial charge in [0.25, 0.3) is 0 Å². The van der Waals surface area contributed by atoms with Gasteiger partial charge in [-0.2, -0.15) is 0 Å². The van der Waals surface area contributed by atoms with E-state index in [4.69, 9.17) is 10.5 Å². The van der Waals surface area contributed by atoms with Crippen molar-refractivity contribution in [1.82, 2.24) is 4.90 Å². The summed E-state index contributed by atoms with van der Waals surface area (Å²) in [5.41, 5.74) is 7.96. The smallest absolute Gasteiger partial charge is 0.123 e. The summed E-state index contributed by atoms with van der Waals surface area (Å²) in [6.45, 7) is 7.18. The van der Waals surface area contributed by atoms with E-state index in [-0.39, 0.29) is 0 Å². The van der Waals surface area contributed by atoms with Gasteiger partial charge in [0, 0.05) is 23.8 Å². The van der Waals surface area contributed by atoms with Crippen molar-refractivity contribution in [3.63, 3.8) is 0 Å². The normalized spacial score (nSPS) is 21.1. The van der Waals surface area contributed by atoms with E-state index in [0.29, 0.717) is 12.6 Å². The molecule has 1 aromatic rings. The molecule has 0 radical (unpaired) electrons. The summed E-state index contributed by atoms with van der Waals surface area (Å²) >= 11 is 0. The van der Waals surface area contributed by atoms with Crippen LogP contribution in [0.25, 0.3) is 0 Å². The number of likely N-dealkylation sites (tertiary alicyclic amines) is 1. The molecule has 1 atom stereocenters. The number of benzene rings is 1. The van der Waals surface area contributed by atoms with Crippen molar-refractivity contribution in [1.29, 1.82) is 0 Å². The lowest BCUT2D eigenvalue weighted by atomic mass is 10.1. The maximum atomic E-state index is 5.92. The minimum absolute atomic E-state index is 0.651. The Morgan fingerprint density at radius 3 is 2.95 bits per heavy atom. The highest BCUT2D eigenvalue weighted by molar-refractivity contribution is 5.47. The third-order valence-electron chi connectivity index (χ3n) is 3.95. The van der Waals surface area contributed by atoms with Crippen LogP contribution in [0.5, 0.6) is 5.75 Å². The van der Waals surface area contributed by atoms with Gasteiger partial charge in [0.05, 0.1) is 6.61 Å². The minimum atomic E-state index is 0.651. The average Bonchev–Trinajstić information content (AvgIpc) is 2.59. The van der Waals surface area contributed by atoms with Gasteiger partial charge in [-0.05, 0) is 51.4 Å². The summed E-state index contributed by atoms with van der Waals surface area (Å²) in [5, 5.41) is 0. The van der Waals surface area contributed by atoms with Crippen LogP contribution in [0, 0.1) is 0 Å². The summed E-state index contributed by atoms with van der Waals surface area (Å²) in [4.78, 5) is 2.56. The van der Waals surface area contributed by atoms with Gasteiger partial charge in [-0.15, -0.1) is 0 Å². The Morgan fingerprint density at radius 1 is 1.32 bits per heavy atom. The van der Waals surface area contributed by atoms with E-state index in [2.05, 4.69) is 17.9 Å². The zero-order valence-corrected chi connectivity index (χ0v) is 12.2.